The predicted molar refractivity (Wildman–Crippen MR) is 58.6 cm³/mol. The van der Waals surface area contributed by atoms with E-state index in [9.17, 15) is 0 Å². The van der Waals surface area contributed by atoms with Crippen molar-refractivity contribution in [2.24, 2.45) is 5.73 Å². The summed E-state index contributed by atoms with van der Waals surface area (Å²) in [5, 5.41) is 0. The molecule has 2 N–H and O–H groups in total. The van der Waals surface area contributed by atoms with E-state index in [0.717, 1.165) is 26.1 Å². The van der Waals surface area contributed by atoms with Crippen LogP contribution in [0.1, 0.15) is 25.7 Å². The van der Waals surface area contributed by atoms with E-state index in [0.29, 0.717) is 18.9 Å². The minimum absolute atomic E-state index is 0.353. The molecule has 0 spiro atoms. The second-order valence-corrected chi connectivity index (χ2v) is 4.48. The van der Waals surface area contributed by atoms with Gasteiger partial charge in [-0.25, -0.2) is 0 Å². The molecule has 2 rings (SSSR count). The summed E-state index contributed by atoms with van der Waals surface area (Å²) in [5.74, 6) is 0. The maximum atomic E-state index is 5.79. The highest BCUT2D eigenvalue weighted by Gasteiger charge is 2.25. The van der Waals surface area contributed by atoms with Gasteiger partial charge in [0.1, 0.15) is 6.79 Å². The fourth-order valence-corrected chi connectivity index (χ4v) is 2.47. The summed E-state index contributed by atoms with van der Waals surface area (Å²) in [6, 6.07) is 0.574. The molecular formula is C11H22N2O2. The number of nitrogens with two attached hydrogens (primary N) is 1. The van der Waals surface area contributed by atoms with Crippen LogP contribution in [0.3, 0.4) is 0 Å². The standard InChI is InChI=1S/C11H22N2O2/c12-7-10-3-1-2-5-13(10)8-11-4-6-14-9-15-11/h10-11H,1-9,12H2. The summed E-state index contributed by atoms with van der Waals surface area (Å²) in [6.45, 7) is 4.30. The molecule has 2 unspecified atom stereocenters. The van der Waals surface area contributed by atoms with Gasteiger partial charge in [-0.1, -0.05) is 6.42 Å². The zero-order valence-corrected chi connectivity index (χ0v) is 9.36. The highest BCUT2D eigenvalue weighted by molar-refractivity contribution is 4.80. The van der Waals surface area contributed by atoms with Crippen molar-refractivity contribution in [2.45, 2.75) is 37.8 Å². The highest BCUT2D eigenvalue weighted by atomic mass is 16.7. The Labute approximate surface area is 91.7 Å². The smallest absolute Gasteiger partial charge is 0.147 e. The van der Waals surface area contributed by atoms with Crippen LogP contribution in [0, 0.1) is 0 Å². The second-order valence-electron chi connectivity index (χ2n) is 4.48. The van der Waals surface area contributed by atoms with Gasteiger partial charge < -0.3 is 15.2 Å². The fraction of sp³-hybridized carbons (Fsp3) is 1.00. The molecule has 2 fully saturated rings. The first-order chi connectivity index (χ1) is 7.40. The quantitative estimate of drug-likeness (QED) is 0.746. The van der Waals surface area contributed by atoms with E-state index < -0.39 is 0 Å². The maximum absolute atomic E-state index is 5.79. The third-order valence-corrected chi connectivity index (χ3v) is 3.43. The molecule has 2 heterocycles. The predicted octanol–water partition coefficient (Wildman–Crippen LogP) is 0.563. The number of ether oxygens (including phenoxy) is 2. The van der Waals surface area contributed by atoms with Gasteiger partial charge in [0.2, 0.25) is 0 Å². The molecule has 4 heteroatoms. The topological polar surface area (TPSA) is 47.7 Å². The molecule has 88 valence electrons. The third kappa shape index (κ3) is 3.14. The van der Waals surface area contributed by atoms with Crippen molar-refractivity contribution in [1.82, 2.24) is 4.90 Å². The molecule has 0 aliphatic carbocycles. The second kappa shape index (κ2) is 5.80. The Morgan fingerprint density at radius 1 is 1.27 bits per heavy atom. The van der Waals surface area contributed by atoms with Crippen LogP contribution in [0.4, 0.5) is 0 Å². The van der Waals surface area contributed by atoms with E-state index in [2.05, 4.69) is 4.90 Å². The van der Waals surface area contributed by atoms with E-state index in [4.69, 9.17) is 15.2 Å². The molecule has 15 heavy (non-hydrogen) atoms. The number of hydrogen-bond acceptors (Lipinski definition) is 4. The first-order valence-electron chi connectivity index (χ1n) is 6.03. The van der Waals surface area contributed by atoms with Crippen molar-refractivity contribution in [2.75, 3.05) is 33.0 Å². The largest absolute Gasteiger partial charge is 0.355 e. The molecule has 2 aliphatic rings. The Morgan fingerprint density at radius 3 is 2.93 bits per heavy atom. The summed E-state index contributed by atoms with van der Waals surface area (Å²) >= 11 is 0. The summed E-state index contributed by atoms with van der Waals surface area (Å²) in [7, 11) is 0. The lowest BCUT2D eigenvalue weighted by molar-refractivity contribution is -0.147. The first kappa shape index (κ1) is 11.3. The lowest BCUT2D eigenvalue weighted by Crippen LogP contribution is -2.48. The van der Waals surface area contributed by atoms with E-state index in [-0.39, 0.29) is 0 Å². The van der Waals surface area contributed by atoms with Gasteiger partial charge in [-0.05, 0) is 25.8 Å². The summed E-state index contributed by atoms with van der Waals surface area (Å²) in [4.78, 5) is 2.50. The van der Waals surface area contributed by atoms with Gasteiger partial charge >= 0.3 is 0 Å². The first-order valence-corrected chi connectivity index (χ1v) is 6.03. The van der Waals surface area contributed by atoms with Crippen molar-refractivity contribution in [3.8, 4) is 0 Å². The van der Waals surface area contributed by atoms with Crippen molar-refractivity contribution in [3.05, 3.63) is 0 Å². The van der Waals surface area contributed by atoms with Gasteiger partial charge in [-0.15, -0.1) is 0 Å². The van der Waals surface area contributed by atoms with Gasteiger partial charge in [-0.2, -0.15) is 0 Å². The van der Waals surface area contributed by atoms with Crippen LogP contribution in [0.5, 0.6) is 0 Å². The van der Waals surface area contributed by atoms with Crippen molar-refractivity contribution in [3.63, 3.8) is 0 Å². The Morgan fingerprint density at radius 2 is 2.20 bits per heavy atom. The zero-order chi connectivity index (χ0) is 10.5. The molecule has 0 saturated carbocycles. The van der Waals surface area contributed by atoms with Crippen LogP contribution < -0.4 is 5.73 Å². The van der Waals surface area contributed by atoms with E-state index >= 15 is 0 Å². The number of piperidine rings is 1. The van der Waals surface area contributed by atoms with Gasteiger partial charge in [0.25, 0.3) is 0 Å². The van der Waals surface area contributed by atoms with Crippen LogP contribution in [-0.2, 0) is 9.47 Å². The average Bonchev–Trinajstić information content (AvgIpc) is 2.31. The molecule has 0 aromatic heterocycles. The van der Waals surface area contributed by atoms with E-state index in [1.165, 1.54) is 25.8 Å². The number of likely N-dealkylation sites (tertiary alicyclic amines) is 1. The molecule has 0 bridgehead atoms. The molecule has 0 aromatic rings. The molecule has 4 nitrogen and oxygen atoms in total. The average molecular weight is 214 g/mol. The van der Waals surface area contributed by atoms with Crippen LogP contribution >= 0.6 is 0 Å². The monoisotopic (exact) mass is 214 g/mol. The van der Waals surface area contributed by atoms with E-state index in [1.54, 1.807) is 0 Å². The van der Waals surface area contributed by atoms with Crippen molar-refractivity contribution < 1.29 is 9.47 Å². The molecule has 0 amide bonds. The SMILES string of the molecule is NCC1CCCCN1CC1CCOCO1. The van der Waals surface area contributed by atoms with Crippen LogP contribution in [0.2, 0.25) is 0 Å². The number of rotatable bonds is 3. The lowest BCUT2D eigenvalue weighted by Gasteiger charge is -2.37. The van der Waals surface area contributed by atoms with Crippen molar-refractivity contribution >= 4 is 0 Å². The van der Waals surface area contributed by atoms with Gasteiger partial charge in [0.05, 0.1) is 12.7 Å². The van der Waals surface area contributed by atoms with Gasteiger partial charge in [0, 0.05) is 19.1 Å². The summed E-state index contributed by atoms with van der Waals surface area (Å²) in [5.41, 5.74) is 5.79. The molecule has 2 aliphatic heterocycles. The highest BCUT2D eigenvalue weighted by Crippen LogP contribution is 2.18. The number of nitrogens with zero attached hydrogens (tertiary/aromatic N) is 1. The Bertz CT molecular complexity index is 183. The van der Waals surface area contributed by atoms with Crippen molar-refractivity contribution in [1.29, 1.82) is 0 Å². The van der Waals surface area contributed by atoms with Crippen LogP contribution in [0.15, 0.2) is 0 Å². The molecule has 0 aromatic carbocycles. The zero-order valence-electron chi connectivity index (χ0n) is 9.36. The summed E-state index contributed by atoms with van der Waals surface area (Å²) < 4.78 is 10.7. The lowest BCUT2D eigenvalue weighted by atomic mass is 10.0. The van der Waals surface area contributed by atoms with Gasteiger partial charge in [0.15, 0.2) is 0 Å². The van der Waals surface area contributed by atoms with Crippen LogP contribution in [0.25, 0.3) is 0 Å². The fourth-order valence-electron chi connectivity index (χ4n) is 2.47. The molecule has 2 atom stereocenters. The molecule has 2 saturated heterocycles. The van der Waals surface area contributed by atoms with Crippen LogP contribution in [-0.4, -0.2) is 50.1 Å². The molecular weight excluding hydrogens is 192 g/mol. The number of hydrogen-bond donors (Lipinski definition) is 1. The maximum Gasteiger partial charge on any atom is 0.147 e. The minimum atomic E-state index is 0.353. The normalized spacial score (nSPS) is 34.2. The third-order valence-electron chi connectivity index (χ3n) is 3.43. The Balaban J connectivity index is 1.79. The Hall–Kier alpha value is -0.160. The Kier molecular flexibility index (Phi) is 4.38. The summed E-state index contributed by atoms with van der Waals surface area (Å²) in [6.07, 6.45) is 5.26. The molecule has 0 radical (unpaired) electrons. The van der Waals surface area contributed by atoms with Gasteiger partial charge in [-0.3, -0.25) is 4.90 Å². The van der Waals surface area contributed by atoms with E-state index in [1.807, 2.05) is 0 Å². The minimum Gasteiger partial charge on any atom is -0.355 e.